The van der Waals surface area contributed by atoms with Gasteiger partial charge in [0.2, 0.25) is 5.82 Å². The number of pyridine rings is 1. The largest absolute Gasteiger partial charge is 0.487 e. The zero-order valence-corrected chi connectivity index (χ0v) is 20.2. The van der Waals surface area contributed by atoms with Crippen LogP contribution in [-0.4, -0.2) is 25.2 Å². The van der Waals surface area contributed by atoms with Gasteiger partial charge in [0.05, 0.1) is 18.3 Å². The zero-order valence-electron chi connectivity index (χ0n) is 20.2. The maximum absolute atomic E-state index is 13.5. The van der Waals surface area contributed by atoms with Crippen molar-refractivity contribution >= 4 is 10.9 Å². The van der Waals surface area contributed by atoms with Gasteiger partial charge < -0.3 is 4.74 Å². The topological polar surface area (TPSA) is 65.7 Å². The highest BCUT2D eigenvalue weighted by Crippen LogP contribution is 2.54. The summed E-state index contributed by atoms with van der Waals surface area (Å²) in [5, 5.41) is 13.7. The van der Waals surface area contributed by atoms with Crippen molar-refractivity contribution in [2.24, 2.45) is 13.0 Å². The van der Waals surface area contributed by atoms with E-state index in [1.807, 2.05) is 24.3 Å². The molecule has 3 aromatic carbocycles. The van der Waals surface area contributed by atoms with Crippen LogP contribution in [0.15, 0.2) is 78.9 Å². The molecule has 1 aliphatic carbocycles. The lowest BCUT2D eigenvalue weighted by Crippen LogP contribution is -2.41. The van der Waals surface area contributed by atoms with E-state index in [9.17, 15) is 4.39 Å². The first-order valence-corrected chi connectivity index (χ1v) is 12.1. The molecule has 1 fully saturated rings. The molecule has 6 rings (SSSR count). The highest BCUT2D eigenvalue weighted by atomic mass is 19.1. The maximum Gasteiger partial charge on any atom is 0.205 e. The third kappa shape index (κ3) is 4.00. The number of rotatable bonds is 6. The van der Waals surface area contributed by atoms with Crippen molar-refractivity contribution in [1.82, 2.24) is 25.2 Å². The summed E-state index contributed by atoms with van der Waals surface area (Å²) < 4.78 is 19.7. The Morgan fingerprint density at radius 3 is 2.58 bits per heavy atom. The Bertz CT molecular complexity index is 1540. The predicted octanol–water partition coefficient (Wildman–Crippen LogP) is 5.86. The van der Waals surface area contributed by atoms with Crippen molar-refractivity contribution < 1.29 is 9.13 Å². The molecule has 180 valence electrons. The molecule has 0 aliphatic heterocycles. The predicted molar refractivity (Wildman–Crippen MR) is 136 cm³/mol. The van der Waals surface area contributed by atoms with Gasteiger partial charge in [-0.25, -0.2) is 9.37 Å². The van der Waals surface area contributed by atoms with Crippen LogP contribution in [0.3, 0.4) is 0 Å². The van der Waals surface area contributed by atoms with Crippen LogP contribution in [0.5, 0.6) is 5.75 Å². The molecule has 7 heteroatoms. The summed E-state index contributed by atoms with van der Waals surface area (Å²) in [6.07, 6.45) is 2.08. The van der Waals surface area contributed by atoms with Crippen molar-refractivity contribution in [2.45, 2.75) is 31.8 Å². The summed E-state index contributed by atoms with van der Waals surface area (Å²) in [5.74, 6) is 1.71. The number of aromatic nitrogens is 5. The molecular formula is C29H26FN5O. The fourth-order valence-electron chi connectivity index (χ4n) is 5.47. The summed E-state index contributed by atoms with van der Waals surface area (Å²) in [5.41, 5.74) is 4.80. The lowest BCUT2D eigenvalue weighted by molar-refractivity contribution is 0.200. The molecule has 36 heavy (non-hydrogen) atoms. The molecule has 5 aromatic rings. The molecule has 2 aromatic heterocycles. The Labute approximate surface area is 208 Å². The molecule has 1 aliphatic rings. The van der Waals surface area contributed by atoms with Crippen LogP contribution in [0, 0.1) is 11.7 Å². The van der Waals surface area contributed by atoms with Crippen LogP contribution in [0.25, 0.3) is 22.3 Å². The number of nitrogens with zero attached hydrogens (tertiary/aromatic N) is 5. The fourth-order valence-corrected chi connectivity index (χ4v) is 5.47. The van der Waals surface area contributed by atoms with Crippen molar-refractivity contribution in [3.05, 3.63) is 102 Å². The number of benzene rings is 3. The number of fused-ring (bicyclic) bond motifs is 1. The van der Waals surface area contributed by atoms with Crippen LogP contribution >= 0.6 is 0 Å². The first-order valence-electron chi connectivity index (χ1n) is 12.1. The van der Waals surface area contributed by atoms with E-state index in [-0.39, 0.29) is 11.2 Å². The molecule has 0 radical (unpaired) electrons. The van der Waals surface area contributed by atoms with Gasteiger partial charge in [-0.2, -0.15) is 4.80 Å². The molecule has 0 unspecified atom stereocenters. The third-order valence-corrected chi connectivity index (χ3v) is 7.07. The second-order valence-corrected chi connectivity index (χ2v) is 9.70. The Morgan fingerprint density at radius 2 is 1.83 bits per heavy atom. The Hall–Kier alpha value is -4.13. The molecule has 0 atom stereocenters. The molecule has 0 amide bonds. The highest BCUT2D eigenvalue weighted by molar-refractivity contribution is 5.78. The summed E-state index contributed by atoms with van der Waals surface area (Å²) in [6.45, 7) is 2.60. The average Bonchev–Trinajstić information content (AvgIpc) is 3.31. The van der Waals surface area contributed by atoms with Crippen LogP contribution in [0.4, 0.5) is 4.39 Å². The number of halogens is 1. The number of hydrogen-bond acceptors (Lipinski definition) is 5. The Kier molecular flexibility index (Phi) is 5.48. The SMILES string of the molecule is CC1CC(c2ccccc2)(c2cc(OCc3ccc4cc(F)ccc4n3)ccc2-c2nnn(C)n2)C1. The summed E-state index contributed by atoms with van der Waals surface area (Å²) in [4.78, 5) is 6.12. The molecular weight excluding hydrogens is 453 g/mol. The number of ether oxygens (including phenoxy) is 1. The van der Waals surface area contributed by atoms with Crippen LogP contribution < -0.4 is 4.74 Å². The smallest absolute Gasteiger partial charge is 0.205 e. The average molecular weight is 480 g/mol. The van der Waals surface area contributed by atoms with Gasteiger partial charge in [-0.1, -0.05) is 43.3 Å². The van der Waals surface area contributed by atoms with E-state index in [1.54, 1.807) is 13.1 Å². The van der Waals surface area contributed by atoms with E-state index in [2.05, 4.69) is 63.7 Å². The summed E-state index contributed by atoms with van der Waals surface area (Å²) in [7, 11) is 1.77. The summed E-state index contributed by atoms with van der Waals surface area (Å²) >= 11 is 0. The minimum atomic E-state index is -0.267. The minimum Gasteiger partial charge on any atom is -0.487 e. The van der Waals surface area contributed by atoms with Gasteiger partial charge in [0.1, 0.15) is 18.2 Å². The van der Waals surface area contributed by atoms with E-state index >= 15 is 0 Å². The van der Waals surface area contributed by atoms with Gasteiger partial charge in [0.15, 0.2) is 0 Å². The molecule has 0 saturated heterocycles. The maximum atomic E-state index is 13.5. The van der Waals surface area contributed by atoms with Gasteiger partial charge in [0.25, 0.3) is 0 Å². The molecule has 0 N–H and O–H groups in total. The van der Waals surface area contributed by atoms with Crippen LogP contribution in [0.2, 0.25) is 0 Å². The van der Waals surface area contributed by atoms with Gasteiger partial charge in [-0.3, -0.25) is 0 Å². The van der Waals surface area contributed by atoms with E-state index in [1.165, 1.54) is 22.5 Å². The normalized spacial score (nSPS) is 19.2. The lowest BCUT2D eigenvalue weighted by Gasteiger charge is -2.48. The van der Waals surface area contributed by atoms with Gasteiger partial charge in [-0.15, -0.1) is 10.2 Å². The van der Waals surface area contributed by atoms with Gasteiger partial charge in [0, 0.05) is 16.4 Å². The zero-order chi connectivity index (χ0) is 24.7. The van der Waals surface area contributed by atoms with Crippen LogP contribution in [0.1, 0.15) is 36.6 Å². The fraction of sp³-hybridized carbons (Fsp3) is 0.241. The molecule has 0 bridgehead atoms. The van der Waals surface area contributed by atoms with Crippen molar-refractivity contribution in [1.29, 1.82) is 0 Å². The van der Waals surface area contributed by atoms with E-state index < -0.39 is 0 Å². The molecule has 0 spiro atoms. The highest BCUT2D eigenvalue weighted by Gasteiger charge is 2.46. The number of tetrazole rings is 1. The Morgan fingerprint density at radius 1 is 1.00 bits per heavy atom. The number of hydrogen-bond donors (Lipinski definition) is 0. The molecule has 1 saturated carbocycles. The van der Waals surface area contributed by atoms with E-state index in [4.69, 9.17) is 4.74 Å². The van der Waals surface area contributed by atoms with Crippen molar-refractivity contribution in [3.63, 3.8) is 0 Å². The monoisotopic (exact) mass is 479 g/mol. The molecule has 2 heterocycles. The second-order valence-electron chi connectivity index (χ2n) is 9.70. The first-order chi connectivity index (χ1) is 17.5. The third-order valence-electron chi connectivity index (χ3n) is 7.07. The minimum absolute atomic E-state index is 0.139. The van der Waals surface area contributed by atoms with Crippen molar-refractivity contribution in [2.75, 3.05) is 0 Å². The standard InChI is InChI=1S/C29H26FN5O/c1-19-16-29(17-19,21-6-4-3-5-7-21)26-15-24(11-12-25(26)28-32-34-35(2)33-28)36-18-23-10-8-20-14-22(30)9-13-27(20)31-23/h3-15,19H,16-18H2,1-2H3. The van der Waals surface area contributed by atoms with E-state index in [0.717, 1.165) is 46.3 Å². The second kappa shape index (κ2) is 8.82. The summed E-state index contributed by atoms with van der Waals surface area (Å²) in [6, 6.07) is 25.1. The molecule has 6 nitrogen and oxygen atoms in total. The van der Waals surface area contributed by atoms with E-state index in [0.29, 0.717) is 18.3 Å². The van der Waals surface area contributed by atoms with Crippen molar-refractivity contribution in [3.8, 4) is 17.1 Å². The first kappa shape index (κ1) is 22.3. The van der Waals surface area contributed by atoms with Crippen LogP contribution in [-0.2, 0) is 19.1 Å². The van der Waals surface area contributed by atoms with Gasteiger partial charge in [-0.05, 0) is 77.6 Å². The lowest BCUT2D eigenvalue weighted by atomic mass is 9.55. The van der Waals surface area contributed by atoms with Gasteiger partial charge >= 0.3 is 0 Å². The Balaban J connectivity index is 1.37. The quantitative estimate of drug-likeness (QED) is 0.305. The number of aryl methyl sites for hydroxylation is 1.